The van der Waals surface area contributed by atoms with E-state index in [1.807, 2.05) is 48.5 Å². The molecular weight excluding hydrogens is 431 g/mol. The minimum Gasteiger partial charge on any atom is -0.489 e. The number of hydrazine groups is 1. The number of benzene rings is 3. The van der Waals surface area contributed by atoms with Crippen molar-refractivity contribution in [3.63, 3.8) is 0 Å². The Balaban J connectivity index is 1.26. The van der Waals surface area contributed by atoms with E-state index in [0.29, 0.717) is 23.6 Å². The number of carbonyl (C=O) groups excluding carboxylic acids is 1. The fourth-order valence-electron chi connectivity index (χ4n) is 3.32. The van der Waals surface area contributed by atoms with Gasteiger partial charge in [-0.1, -0.05) is 54.1 Å². The molecule has 1 heterocycles. The lowest BCUT2D eigenvalue weighted by Crippen LogP contribution is -2.41. The summed E-state index contributed by atoms with van der Waals surface area (Å²) in [6.07, 6.45) is 2.04. The topological polar surface area (TPSA) is 74.8 Å². The van der Waals surface area contributed by atoms with E-state index in [9.17, 15) is 9.18 Å². The van der Waals surface area contributed by atoms with Gasteiger partial charge in [0.1, 0.15) is 24.2 Å². The second-order valence-corrected chi connectivity index (χ2v) is 7.77. The molecule has 2 unspecified atom stereocenters. The van der Waals surface area contributed by atoms with Crippen LogP contribution in [0.1, 0.15) is 29.2 Å². The monoisotopic (exact) mass is 452 g/mol. The van der Waals surface area contributed by atoms with E-state index in [1.165, 1.54) is 18.3 Å². The Bertz CT molecular complexity index is 1090. The van der Waals surface area contributed by atoms with E-state index in [-0.39, 0.29) is 17.8 Å². The van der Waals surface area contributed by atoms with Crippen LogP contribution in [0.25, 0.3) is 0 Å². The minimum absolute atomic E-state index is 0.0237. The number of nitrogens with one attached hydrogen (secondary N) is 3. The summed E-state index contributed by atoms with van der Waals surface area (Å²) in [6.45, 7) is 0.392. The molecule has 0 spiro atoms. The van der Waals surface area contributed by atoms with Crippen molar-refractivity contribution >= 4 is 23.7 Å². The van der Waals surface area contributed by atoms with E-state index >= 15 is 0 Å². The fraction of sp³-hybridized carbons (Fsp3) is 0.167. The Morgan fingerprint density at radius 1 is 1.09 bits per heavy atom. The van der Waals surface area contributed by atoms with Crippen LogP contribution in [-0.4, -0.2) is 18.2 Å². The molecule has 0 aliphatic carbocycles. The van der Waals surface area contributed by atoms with Crippen molar-refractivity contribution in [1.29, 1.82) is 0 Å². The molecule has 3 aromatic carbocycles. The van der Waals surface area contributed by atoms with E-state index < -0.39 is 6.04 Å². The van der Waals surface area contributed by atoms with Gasteiger partial charge in [-0.05, 0) is 47.9 Å². The number of hydrogen-bond acceptors (Lipinski definition) is 5. The molecule has 1 aliphatic rings. The van der Waals surface area contributed by atoms with Gasteiger partial charge >= 0.3 is 0 Å². The van der Waals surface area contributed by atoms with Crippen LogP contribution in [0, 0.1) is 5.82 Å². The molecule has 1 fully saturated rings. The van der Waals surface area contributed by atoms with Gasteiger partial charge < -0.3 is 4.74 Å². The normalized spacial score (nSPS) is 18.1. The number of nitrogens with zero attached hydrogens (tertiary/aromatic N) is 1. The molecule has 8 heteroatoms. The zero-order chi connectivity index (χ0) is 22.3. The van der Waals surface area contributed by atoms with Crippen molar-refractivity contribution in [2.24, 2.45) is 5.10 Å². The van der Waals surface area contributed by atoms with Gasteiger partial charge in [-0.15, -0.1) is 0 Å². The van der Waals surface area contributed by atoms with Crippen molar-refractivity contribution in [3.8, 4) is 5.75 Å². The molecule has 0 radical (unpaired) electrons. The zero-order valence-corrected chi connectivity index (χ0v) is 17.9. The van der Waals surface area contributed by atoms with Gasteiger partial charge in [0, 0.05) is 16.6 Å². The Hall–Kier alpha value is -3.26. The first-order chi connectivity index (χ1) is 15.6. The lowest BCUT2D eigenvalue weighted by Gasteiger charge is -2.12. The second-order valence-electron chi connectivity index (χ2n) is 7.36. The second kappa shape index (κ2) is 10.4. The summed E-state index contributed by atoms with van der Waals surface area (Å²) < 4.78 is 18.7. The molecule has 0 aromatic heterocycles. The van der Waals surface area contributed by atoms with E-state index in [1.54, 1.807) is 12.1 Å². The average molecular weight is 453 g/mol. The van der Waals surface area contributed by atoms with Crippen LogP contribution in [0.5, 0.6) is 5.75 Å². The van der Waals surface area contributed by atoms with Crippen molar-refractivity contribution in [1.82, 2.24) is 16.3 Å². The van der Waals surface area contributed by atoms with E-state index in [4.69, 9.17) is 16.3 Å². The number of hydrazone groups is 1. The van der Waals surface area contributed by atoms with Gasteiger partial charge in [0.05, 0.1) is 6.21 Å². The SMILES string of the molecule is O=C(N/N=C/c1ccc(F)cc1)C1CC(c2ccc(OCc3ccccc3Cl)cc2)NN1. The summed E-state index contributed by atoms with van der Waals surface area (Å²) in [5.74, 6) is 0.167. The number of carbonyl (C=O) groups is 1. The fourth-order valence-corrected chi connectivity index (χ4v) is 3.51. The molecule has 1 amide bonds. The highest BCUT2D eigenvalue weighted by molar-refractivity contribution is 6.31. The summed E-state index contributed by atoms with van der Waals surface area (Å²) in [5.41, 5.74) is 11.3. The van der Waals surface area contributed by atoms with Crippen LogP contribution >= 0.6 is 11.6 Å². The molecule has 3 N–H and O–H groups in total. The van der Waals surface area contributed by atoms with Crippen LogP contribution in [-0.2, 0) is 11.4 Å². The molecule has 1 saturated heterocycles. The molecule has 1 aliphatic heterocycles. The van der Waals surface area contributed by atoms with Crippen LogP contribution in [0.4, 0.5) is 4.39 Å². The zero-order valence-electron chi connectivity index (χ0n) is 17.1. The van der Waals surface area contributed by atoms with Gasteiger partial charge in [-0.3, -0.25) is 4.79 Å². The van der Waals surface area contributed by atoms with Gasteiger partial charge in [-0.25, -0.2) is 20.7 Å². The number of ether oxygens (including phenoxy) is 1. The minimum atomic E-state index is -0.429. The molecular formula is C24H22ClFN4O2. The van der Waals surface area contributed by atoms with E-state index in [2.05, 4.69) is 21.4 Å². The lowest BCUT2D eigenvalue weighted by molar-refractivity contribution is -0.122. The largest absolute Gasteiger partial charge is 0.489 e. The van der Waals surface area contributed by atoms with Gasteiger partial charge in [-0.2, -0.15) is 5.10 Å². The maximum absolute atomic E-state index is 12.9. The maximum Gasteiger partial charge on any atom is 0.258 e. The number of halogens is 2. The van der Waals surface area contributed by atoms with Crippen molar-refractivity contribution in [2.75, 3.05) is 0 Å². The molecule has 0 bridgehead atoms. The summed E-state index contributed by atoms with van der Waals surface area (Å²) in [5, 5.41) is 4.61. The summed E-state index contributed by atoms with van der Waals surface area (Å²) in [4.78, 5) is 12.3. The molecule has 2 atom stereocenters. The summed E-state index contributed by atoms with van der Waals surface area (Å²) in [6, 6.07) is 20.7. The Kier molecular flexibility index (Phi) is 7.11. The third kappa shape index (κ3) is 5.70. The highest BCUT2D eigenvalue weighted by Gasteiger charge is 2.30. The number of hydrogen-bond donors (Lipinski definition) is 3. The number of rotatable bonds is 7. The van der Waals surface area contributed by atoms with Gasteiger partial charge in [0.2, 0.25) is 0 Å². The lowest BCUT2D eigenvalue weighted by atomic mass is 10.0. The summed E-state index contributed by atoms with van der Waals surface area (Å²) in [7, 11) is 0. The summed E-state index contributed by atoms with van der Waals surface area (Å²) >= 11 is 6.16. The molecule has 3 aromatic rings. The van der Waals surface area contributed by atoms with E-state index in [0.717, 1.165) is 16.9 Å². The first-order valence-electron chi connectivity index (χ1n) is 10.1. The third-order valence-electron chi connectivity index (χ3n) is 5.11. The van der Waals surface area contributed by atoms with Gasteiger partial charge in [0.25, 0.3) is 5.91 Å². The molecule has 0 saturated carbocycles. The maximum atomic E-state index is 12.9. The smallest absolute Gasteiger partial charge is 0.258 e. The van der Waals surface area contributed by atoms with Crippen LogP contribution in [0.15, 0.2) is 77.9 Å². The standard InChI is InChI=1S/C24H22ClFN4O2/c25-21-4-2-1-3-18(21)15-32-20-11-7-17(8-12-20)22-13-23(29-28-22)24(31)30-27-14-16-5-9-19(26)10-6-16/h1-12,14,22-23,28-29H,13,15H2,(H,30,31)/b27-14+. The van der Waals surface area contributed by atoms with Crippen LogP contribution < -0.4 is 21.0 Å². The molecule has 4 rings (SSSR count). The predicted molar refractivity (Wildman–Crippen MR) is 122 cm³/mol. The van der Waals surface area contributed by atoms with Crippen LogP contribution in [0.2, 0.25) is 5.02 Å². The Morgan fingerprint density at radius 2 is 1.84 bits per heavy atom. The molecule has 164 valence electrons. The molecule has 6 nitrogen and oxygen atoms in total. The third-order valence-corrected chi connectivity index (χ3v) is 5.48. The Labute approximate surface area is 190 Å². The first-order valence-corrected chi connectivity index (χ1v) is 10.5. The van der Waals surface area contributed by atoms with Gasteiger partial charge in [0.15, 0.2) is 0 Å². The Morgan fingerprint density at radius 3 is 2.59 bits per heavy atom. The van der Waals surface area contributed by atoms with Crippen molar-refractivity contribution < 1.29 is 13.9 Å². The average Bonchev–Trinajstić information content (AvgIpc) is 3.31. The van der Waals surface area contributed by atoms with Crippen molar-refractivity contribution in [3.05, 3.63) is 100 Å². The highest BCUT2D eigenvalue weighted by atomic mass is 35.5. The van der Waals surface area contributed by atoms with Crippen LogP contribution in [0.3, 0.4) is 0 Å². The number of amides is 1. The predicted octanol–water partition coefficient (Wildman–Crippen LogP) is 4.12. The van der Waals surface area contributed by atoms with Crippen molar-refractivity contribution in [2.45, 2.75) is 25.1 Å². The highest BCUT2D eigenvalue weighted by Crippen LogP contribution is 2.25. The first kappa shape index (κ1) is 22.0. The molecule has 32 heavy (non-hydrogen) atoms. The quantitative estimate of drug-likeness (QED) is 0.372.